The summed E-state index contributed by atoms with van der Waals surface area (Å²) in [7, 11) is 0. The summed E-state index contributed by atoms with van der Waals surface area (Å²) in [5.41, 5.74) is 5.42. The lowest BCUT2D eigenvalue weighted by atomic mass is 10.0. The fourth-order valence-electron chi connectivity index (χ4n) is 3.18. The highest BCUT2D eigenvalue weighted by atomic mass is 79.9. The van der Waals surface area contributed by atoms with Crippen molar-refractivity contribution in [2.75, 3.05) is 0 Å². The molecule has 1 N–H and O–H groups in total. The van der Waals surface area contributed by atoms with E-state index in [9.17, 15) is 4.39 Å². The molecule has 0 aromatic heterocycles. The average Bonchev–Trinajstić information content (AvgIpc) is 2.84. The van der Waals surface area contributed by atoms with Crippen molar-refractivity contribution in [1.29, 1.82) is 0 Å². The van der Waals surface area contributed by atoms with Gasteiger partial charge in [0.05, 0.1) is 0 Å². The molecule has 2 aromatic rings. The third kappa shape index (κ3) is 3.04. The SMILES string of the molecule is Cc1cc(CNC2CCc3cc(Br)ccc32)cc(C)c1F. The van der Waals surface area contributed by atoms with Crippen molar-refractivity contribution < 1.29 is 4.39 Å². The Labute approximate surface area is 133 Å². The molecule has 2 aromatic carbocycles. The zero-order valence-electron chi connectivity index (χ0n) is 12.3. The van der Waals surface area contributed by atoms with Crippen LogP contribution < -0.4 is 5.32 Å². The van der Waals surface area contributed by atoms with E-state index >= 15 is 0 Å². The summed E-state index contributed by atoms with van der Waals surface area (Å²) in [4.78, 5) is 0. The largest absolute Gasteiger partial charge is 0.306 e. The topological polar surface area (TPSA) is 12.0 Å². The van der Waals surface area contributed by atoms with Gasteiger partial charge in [0.2, 0.25) is 0 Å². The van der Waals surface area contributed by atoms with Crippen LogP contribution in [0.3, 0.4) is 0 Å². The molecule has 0 radical (unpaired) electrons. The molecular weight excluding hydrogens is 329 g/mol. The molecule has 3 heteroatoms. The smallest absolute Gasteiger partial charge is 0.129 e. The molecule has 0 saturated carbocycles. The molecule has 1 nitrogen and oxygen atoms in total. The molecule has 0 aliphatic heterocycles. The average molecular weight is 348 g/mol. The van der Waals surface area contributed by atoms with E-state index < -0.39 is 0 Å². The van der Waals surface area contributed by atoms with Gasteiger partial charge in [-0.25, -0.2) is 4.39 Å². The molecule has 0 fully saturated rings. The fraction of sp³-hybridized carbons (Fsp3) is 0.333. The first-order valence-corrected chi connectivity index (χ1v) is 8.11. The van der Waals surface area contributed by atoms with Crippen molar-refractivity contribution in [1.82, 2.24) is 5.32 Å². The molecule has 1 aliphatic carbocycles. The van der Waals surface area contributed by atoms with Crippen LogP contribution in [0.4, 0.5) is 4.39 Å². The molecule has 0 heterocycles. The van der Waals surface area contributed by atoms with Crippen LogP contribution in [0.25, 0.3) is 0 Å². The maximum absolute atomic E-state index is 13.7. The number of nitrogens with one attached hydrogen (secondary N) is 1. The quantitative estimate of drug-likeness (QED) is 0.825. The number of aryl methyl sites for hydroxylation is 3. The predicted octanol–water partition coefficient (Wildman–Crippen LogP) is 4.98. The number of halogens is 2. The summed E-state index contributed by atoms with van der Waals surface area (Å²) in [5, 5.41) is 3.61. The second kappa shape index (κ2) is 5.90. The molecule has 0 amide bonds. The Bertz CT molecular complexity index is 658. The molecule has 0 bridgehead atoms. The van der Waals surface area contributed by atoms with Crippen LogP contribution in [-0.4, -0.2) is 0 Å². The Morgan fingerprint density at radius 2 is 1.90 bits per heavy atom. The van der Waals surface area contributed by atoms with Gasteiger partial charge in [0.1, 0.15) is 5.82 Å². The maximum atomic E-state index is 13.7. The highest BCUT2D eigenvalue weighted by Gasteiger charge is 2.21. The van der Waals surface area contributed by atoms with Crippen LogP contribution in [-0.2, 0) is 13.0 Å². The normalized spacial score (nSPS) is 17.0. The van der Waals surface area contributed by atoms with E-state index in [0.717, 1.165) is 40.5 Å². The van der Waals surface area contributed by atoms with Gasteiger partial charge in [0.15, 0.2) is 0 Å². The fourth-order valence-corrected chi connectivity index (χ4v) is 3.59. The number of hydrogen-bond acceptors (Lipinski definition) is 1. The first kappa shape index (κ1) is 14.7. The summed E-state index contributed by atoms with van der Waals surface area (Å²) in [6.07, 6.45) is 2.25. The van der Waals surface area contributed by atoms with Gasteiger partial charge in [-0.15, -0.1) is 0 Å². The van der Waals surface area contributed by atoms with E-state index in [4.69, 9.17) is 0 Å². The van der Waals surface area contributed by atoms with Crippen LogP contribution in [0, 0.1) is 19.7 Å². The van der Waals surface area contributed by atoms with Gasteiger partial charge in [-0.2, -0.15) is 0 Å². The van der Waals surface area contributed by atoms with Crippen LogP contribution in [0.2, 0.25) is 0 Å². The van der Waals surface area contributed by atoms with Gasteiger partial charge < -0.3 is 5.32 Å². The van der Waals surface area contributed by atoms with Gasteiger partial charge in [-0.1, -0.05) is 34.1 Å². The molecule has 1 unspecified atom stereocenters. The first-order chi connectivity index (χ1) is 10.0. The maximum Gasteiger partial charge on any atom is 0.129 e. The lowest BCUT2D eigenvalue weighted by Crippen LogP contribution is -2.19. The Balaban J connectivity index is 1.73. The predicted molar refractivity (Wildman–Crippen MR) is 87.9 cm³/mol. The minimum atomic E-state index is -0.0881. The summed E-state index contributed by atoms with van der Waals surface area (Å²) >= 11 is 3.53. The van der Waals surface area contributed by atoms with Crippen molar-refractivity contribution in [3.8, 4) is 0 Å². The van der Waals surface area contributed by atoms with Gasteiger partial charge in [-0.3, -0.25) is 0 Å². The highest BCUT2D eigenvalue weighted by molar-refractivity contribution is 9.10. The molecule has 1 aliphatic rings. The van der Waals surface area contributed by atoms with Crippen molar-refractivity contribution >= 4 is 15.9 Å². The second-order valence-electron chi connectivity index (χ2n) is 5.86. The first-order valence-electron chi connectivity index (χ1n) is 7.32. The van der Waals surface area contributed by atoms with E-state index in [2.05, 4.69) is 39.4 Å². The number of hydrogen-bond donors (Lipinski definition) is 1. The van der Waals surface area contributed by atoms with E-state index in [1.807, 2.05) is 26.0 Å². The van der Waals surface area contributed by atoms with Crippen LogP contribution in [0.1, 0.15) is 40.3 Å². The Hall–Kier alpha value is -1.19. The number of benzene rings is 2. The monoisotopic (exact) mass is 347 g/mol. The third-order valence-corrected chi connectivity index (χ3v) is 4.72. The summed E-state index contributed by atoms with van der Waals surface area (Å²) < 4.78 is 14.8. The van der Waals surface area contributed by atoms with Crippen LogP contribution in [0.5, 0.6) is 0 Å². The van der Waals surface area contributed by atoms with Crippen molar-refractivity contribution in [3.63, 3.8) is 0 Å². The standard InChI is InChI=1S/C18H19BrFN/c1-11-7-13(8-12(2)18(11)20)10-21-17-6-3-14-9-15(19)4-5-16(14)17/h4-5,7-9,17,21H,3,6,10H2,1-2H3. The molecule has 1 atom stereocenters. The molecule has 3 rings (SSSR count). The zero-order valence-corrected chi connectivity index (χ0v) is 13.9. The molecule has 0 saturated heterocycles. The molecule has 21 heavy (non-hydrogen) atoms. The van der Waals surface area contributed by atoms with E-state index in [0.29, 0.717) is 6.04 Å². The van der Waals surface area contributed by atoms with E-state index in [1.165, 1.54) is 11.1 Å². The van der Waals surface area contributed by atoms with Crippen molar-refractivity contribution in [2.45, 2.75) is 39.3 Å². The molecule has 0 spiro atoms. The van der Waals surface area contributed by atoms with Gasteiger partial charge >= 0.3 is 0 Å². The Morgan fingerprint density at radius 1 is 1.19 bits per heavy atom. The summed E-state index contributed by atoms with van der Waals surface area (Å²) in [5.74, 6) is -0.0881. The lowest BCUT2D eigenvalue weighted by molar-refractivity contribution is 0.529. The highest BCUT2D eigenvalue weighted by Crippen LogP contribution is 2.33. The van der Waals surface area contributed by atoms with Crippen LogP contribution >= 0.6 is 15.9 Å². The number of fused-ring (bicyclic) bond motifs is 1. The minimum absolute atomic E-state index is 0.0881. The van der Waals surface area contributed by atoms with Crippen molar-refractivity contribution in [2.24, 2.45) is 0 Å². The third-order valence-electron chi connectivity index (χ3n) is 4.23. The Morgan fingerprint density at radius 3 is 2.62 bits per heavy atom. The van der Waals surface area contributed by atoms with Crippen LogP contribution in [0.15, 0.2) is 34.8 Å². The molecular formula is C18H19BrFN. The lowest BCUT2D eigenvalue weighted by Gasteiger charge is -2.15. The van der Waals surface area contributed by atoms with E-state index in [-0.39, 0.29) is 5.82 Å². The summed E-state index contributed by atoms with van der Waals surface area (Å²) in [6, 6.07) is 10.8. The molecule has 110 valence electrons. The van der Waals surface area contributed by atoms with Crippen molar-refractivity contribution in [3.05, 3.63) is 68.4 Å². The van der Waals surface area contributed by atoms with Gasteiger partial charge in [0.25, 0.3) is 0 Å². The van der Waals surface area contributed by atoms with Gasteiger partial charge in [0, 0.05) is 17.1 Å². The zero-order chi connectivity index (χ0) is 15.0. The Kier molecular flexibility index (Phi) is 4.14. The summed E-state index contributed by atoms with van der Waals surface area (Å²) in [6.45, 7) is 4.44. The second-order valence-corrected chi connectivity index (χ2v) is 6.77. The minimum Gasteiger partial charge on any atom is -0.306 e. The van der Waals surface area contributed by atoms with E-state index in [1.54, 1.807) is 0 Å². The number of rotatable bonds is 3. The van der Waals surface area contributed by atoms with Gasteiger partial charge in [-0.05, 0) is 66.6 Å².